The van der Waals surface area contributed by atoms with E-state index in [2.05, 4.69) is 20.6 Å². The number of fused-ring (bicyclic) bond motifs is 1. The van der Waals surface area contributed by atoms with Crippen LogP contribution in [-0.2, 0) is 6.54 Å². The lowest BCUT2D eigenvalue weighted by Crippen LogP contribution is -2.27. The summed E-state index contributed by atoms with van der Waals surface area (Å²) < 4.78 is 15.8. The van der Waals surface area contributed by atoms with Crippen LogP contribution in [0.25, 0.3) is 22.2 Å². The number of carbonyl (C=O) groups excluding carboxylic acids is 1. The number of carbonyl (C=O) groups is 1. The van der Waals surface area contributed by atoms with E-state index >= 15 is 0 Å². The summed E-state index contributed by atoms with van der Waals surface area (Å²) in [6, 6.07) is 16.0. The highest BCUT2D eigenvalue weighted by Crippen LogP contribution is 2.18. The molecule has 0 radical (unpaired) electrons. The minimum absolute atomic E-state index is 0.255. The minimum Gasteiger partial charge on any atom is -0.350 e. The lowest BCUT2D eigenvalue weighted by Gasteiger charge is -2.07. The maximum Gasteiger partial charge on any atom is 0.251 e. The molecule has 0 atom stereocenters. The Bertz CT molecular complexity index is 1090. The van der Waals surface area contributed by atoms with E-state index in [0.717, 1.165) is 11.3 Å². The van der Waals surface area contributed by atoms with Crippen molar-refractivity contribution in [1.82, 2.24) is 25.3 Å². The van der Waals surface area contributed by atoms with Crippen LogP contribution in [0.1, 0.15) is 10.4 Å². The second-order valence-corrected chi connectivity index (χ2v) is 6.02. The lowest BCUT2D eigenvalue weighted by molar-refractivity contribution is 0.0951. The van der Waals surface area contributed by atoms with Crippen LogP contribution in [0.4, 0.5) is 4.39 Å². The first-order chi connectivity index (χ1) is 13.2. The first kappa shape index (κ1) is 16.8. The van der Waals surface area contributed by atoms with E-state index < -0.39 is 5.82 Å². The number of hydrogen-bond donors (Lipinski definition) is 1. The average Bonchev–Trinajstić information content (AvgIpc) is 3.17. The zero-order valence-electron chi connectivity index (χ0n) is 14.3. The quantitative estimate of drug-likeness (QED) is 0.593. The van der Waals surface area contributed by atoms with Crippen molar-refractivity contribution < 1.29 is 9.18 Å². The Hall–Kier alpha value is -3.61. The van der Waals surface area contributed by atoms with Gasteiger partial charge in [0.2, 0.25) is 0 Å². The predicted molar refractivity (Wildman–Crippen MR) is 99.5 cm³/mol. The third kappa shape index (κ3) is 3.67. The maximum absolute atomic E-state index is 14.1. The fraction of sp³-hybridized carbons (Fsp3) is 0.100. The summed E-state index contributed by atoms with van der Waals surface area (Å²) in [6.07, 6.45) is 3.34. The Balaban J connectivity index is 1.39. The Morgan fingerprint density at radius 1 is 1.11 bits per heavy atom. The molecule has 134 valence electrons. The first-order valence-corrected chi connectivity index (χ1v) is 8.49. The van der Waals surface area contributed by atoms with Gasteiger partial charge in [0.25, 0.3) is 5.91 Å². The zero-order valence-corrected chi connectivity index (χ0v) is 14.3. The molecule has 0 bridgehead atoms. The number of halogens is 1. The molecule has 2 aromatic heterocycles. The molecule has 4 rings (SSSR count). The molecule has 27 heavy (non-hydrogen) atoms. The summed E-state index contributed by atoms with van der Waals surface area (Å²) in [5, 5.41) is 11.6. The molecular formula is C20H16FN5O. The van der Waals surface area contributed by atoms with Crippen LogP contribution in [0.5, 0.6) is 0 Å². The molecule has 0 saturated heterocycles. The highest BCUT2D eigenvalue weighted by molar-refractivity contribution is 5.98. The summed E-state index contributed by atoms with van der Waals surface area (Å²) in [5.41, 5.74) is 2.26. The maximum atomic E-state index is 14.1. The van der Waals surface area contributed by atoms with Gasteiger partial charge in [-0.05, 0) is 18.2 Å². The molecule has 0 spiro atoms. The molecule has 4 aromatic rings. The van der Waals surface area contributed by atoms with E-state index in [9.17, 15) is 9.18 Å². The summed E-state index contributed by atoms with van der Waals surface area (Å²) in [6.45, 7) is 0.812. The normalized spacial score (nSPS) is 10.9. The summed E-state index contributed by atoms with van der Waals surface area (Å²) >= 11 is 0. The molecule has 2 aromatic carbocycles. The summed E-state index contributed by atoms with van der Waals surface area (Å²) in [4.78, 5) is 16.3. The first-order valence-electron chi connectivity index (χ1n) is 8.49. The molecule has 0 aliphatic rings. The fourth-order valence-electron chi connectivity index (χ4n) is 2.81. The molecule has 0 saturated carbocycles. The van der Waals surface area contributed by atoms with Crippen LogP contribution < -0.4 is 5.32 Å². The van der Waals surface area contributed by atoms with E-state index in [1.807, 2.05) is 36.5 Å². The molecule has 1 N–H and O–H groups in total. The number of pyridine rings is 1. The number of hydrogen-bond acceptors (Lipinski definition) is 4. The number of nitrogens with one attached hydrogen (secondary N) is 1. The Morgan fingerprint density at radius 2 is 1.96 bits per heavy atom. The lowest BCUT2D eigenvalue weighted by atomic mass is 10.1. The molecule has 1 amide bonds. The van der Waals surface area contributed by atoms with Crippen molar-refractivity contribution in [2.45, 2.75) is 6.54 Å². The van der Waals surface area contributed by atoms with E-state index in [0.29, 0.717) is 18.5 Å². The molecule has 2 heterocycles. The number of aromatic nitrogens is 4. The van der Waals surface area contributed by atoms with E-state index in [1.54, 1.807) is 22.9 Å². The van der Waals surface area contributed by atoms with Crippen molar-refractivity contribution in [3.63, 3.8) is 0 Å². The smallest absolute Gasteiger partial charge is 0.251 e. The molecule has 0 aliphatic heterocycles. The Morgan fingerprint density at radius 3 is 2.81 bits per heavy atom. The van der Waals surface area contributed by atoms with Crippen LogP contribution in [0.15, 0.2) is 67.0 Å². The molecule has 6 nitrogen and oxygen atoms in total. The summed E-state index contributed by atoms with van der Waals surface area (Å²) in [7, 11) is 0. The van der Waals surface area contributed by atoms with E-state index in [-0.39, 0.29) is 17.0 Å². The second kappa shape index (κ2) is 7.33. The van der Waals surface area contributed by atoms with Gasteiger partial charge in [-0.2, -0.15) is 0 Å². The third-order valence-electron chi connectivity index (χ3n) is 4.16. The van der Waals surface area contributed by atoms with Gasteiger partial charge in [-0.1, -0.05) is 41.6 Å². The van der Waals surface area contributed by atoms with Gasteiger partial charge in [0.05, 0.1) is 12.7 Å². The summed E-state index contributed by atoms with van der Waals surface area (Å²) in [5.74, 6) is -0.856. The molecule has 0 aliphatic carbocycles. The van der Waals surface area contributed by atoms with Crippen molar-refractivity contribution in [1.29, 1.82) is 0 Å². The molecule has 7 heteroatoms. The number of amides is 1. The van der Waals surface area contributed by atoms with Gasteiger partial charge in [0.1, 0.15) is 17.0 Å². The van der Waals surface area contributed by atoms with Gasteiger partial charge in [-0.3, -0.25) is 14.5 Å². The average molecular weight is 361 g/mol. The molecule has 0 fully saturated rings. The number of rotatable bonds is 5. The van der Waals surface area contributed by atoms with E-state index in [1.165, 1.54) is 12.3 Å². The zero-order chi connectivity index (χ0) is 18.6. The monoisotopic (exact) mass is 361 g/mol. The van der Waals surface area contributed by atoms with Crippen LogP contribution in [0.2, 0.25) is 0 Å². The van der Waals surface area contributed by atoms with Gasteiger partial charge < -0.3 is 5.32 Å². The predicted octanol–water partition coefficient (Wildman–Crippen LogP) is 3.06. The van der Waals surface area contributed by atoms with Crippen LogP contribution in [-0.4, -0.2) is 32.4 Å². The van der Waals surface area contributed by atoms with Crippen LogP contribution in [0.3, 0.4) is 0 Å². The van der Waals surface area contributed by atoms with Gasteiger partial charge in [-0.25, -0.2) is 4.39 Å². The van der Waals surface area contributed by atoms with Gasteiger partial charge in [0.15, 0.2) is 0 Å². The SMILES string of the molecule is O=C(NCCn1cc(-c2ccccc2)nn1)c1cc(F)c2ncccc2c1. The van der Waals surface area contributed by atoms with Gasteiger partial charge in [0, 0.05) is 29.3 Å². The fourth-order valence-corrected chi connectivity index (χ4v) is 2.81. The largest absolute Gasteiger partial charge is 0.350 e. The number of benzene rings is 2. The van der Waals surface area contributed by atoms with Gasteiger partial charge >= 0.3 is 0 Å². The molecular weight excluding hydrogens is 345 g/mol. The van der Waals surface area contributed by atoms with Crippen molar-refractivity contribution in [3.8, 4) is 11.3 Å². The van der Waals surface area contributed by atoms with Crippen LogP contribution >= 0.6 is 0 Å². The minimum atomic E-state index is -0.512. The van der Waals surface area contributed by atoms with Crippen molar-refractivity contribution in [2.24, 2.45) is 0 Å². The van der Waals surface area contributed by atoms with Crippen molar-refractivity contribution in [2.75, 3.05) is 6.54 Å². The highest BCUT2D eigenvalue weighted by Gasteiger charge is 2.11. The van der Waals surface area contributed by atoms with Crippen molar-refractivity contribution >= 4 is 16.8 Å². The van der Waals surface area contributed by atoms with Crippen LogP contribution in [0, 0.1) is 5.82 Å². The Kier molecular flexibility index (Phi) is 4.57. The van der Waals surface area contributed by atoms with Gasteiger partial charge in [-0.15, -0.1) is 5.10 Å². The Labute approximate surface area is 154 Å². The highest BCUT2D eigenvalue weighted by atomic mass is 19.1. The third-order valence-corrected chi connectivity index (χ3v) is 4.16. The topological polar surface area (TPSA) is 72.7 Å². The standard InChI is InChI=1S/C20H16FN5O/c21-17-12-16(11-15-7-4-8-22-19(15)17)20(27)23-9-10-26-13-18(24-25-26)14-5-2-1-3-6-14/h1-8,11-13H,9-10H2,(H,23,27). The second-order valence-electron chi connectivity index (χ2n) is 6.02. The van der Waals surface area contributed by atoms with E-state index in [4.69, 9.17) is 0 Å². The number of nitrogens with zero attached hydrogens (tertiary/aromatic N) is 4. The van der Waals surface area contributed by atoms with Crippen molar-refractivity contribution in [3.05, 3.63) is 78.4 Å². The molecule has 0 unspecified atom stereocenters.